The van der Waals surface area contributed by atoms with Crippen molar-refractivity contribution in [2.45, 2.75) is 31.8 Å². The Morgan fingerprint density at radius 1 is 1.23 bits per heavy atom. The SMILES string of the molecule is COc1ccc2cc(C(=O)NC3CCCc4c3cnn4Cc3ccccc3)[nH]c2c1. The number of nitrogens with zero attached hydrogens (tertiary/aromatic N) is 2. The fraction of sp³-hybridized carbons (Fsp3) is 0.250. The molecule has 0 saturated carbocycles. The Labute approximate surface area is 174 Å². The van der Waals surface area contributed by atoms with Crippen LogP contribution >= 0.6 is 0 Å². The lowest BCUT2D eigenvalue weighted by atomic mass is 9.92. The molecule has 0 aliphatic heterocycles. The minimum atomic E-state index is -0.0983. The van der Waals surface area contributed by atoms with E-state index in [0.717, 1.165) is 48.0 Å². The standard InChI is InChI=1S/C24H24N4O2/c1-30-18-11-10-17-12-22(26-21(17)13-18)24(29)27-20-8-5-9-23-19(20)14-25-28(23)15-16-6-3-2-4-7-16/h2-4,6-7,10-14,20,26H,5,8-9,15H2,1H3,(H,27,29). The van der Waals surface area contributed by atoms with E-state index in [4.69, 9.17) is 4.74 Å². The number of aromatic nitrogens is 3. The summed E-state index contributed by atoms with van der Waals surface area (Å²) in [6, 6.07) is 17.9. The highest BCUT2D eigenvalue weighted by molar-refractivity contribution is 5.98. The lowest BCUT2D eigenvalue weighted by molar-refractivity contribution is 0.0928. The number of benzene rings is 2. The first-order chi connectivity index (χ1) is 14.7. The predicted molar refractivity (Wildman–Crippen MR) is 116 cm³/mol. The minimum absolute atomic E-state index is 0.0216. The zero-order valence-electron chi connectivity index (χ0n) is 16.9. The number of aromatic amines is 1. The fourth-order valence-electron chi connectivity index (χ4n) is 4.25. The Morgan fingerprint density at radius 3 is 2.93 bits per heavy atom. The molecule has 1 amide bonds. The van der Waals surface area contributed by atoms with Crippen molar-refractivity contribution in [3.8, 4) is 5.75 Å². The highest BCUT2D eigenvalue weighted by Crippen LogP contribution is 2.30. The maximum Gasteiger partial charge on any atom is 0.268 e. The third-order valence-corrected chi connectivity index (χ3v) is 5.82. The normalized spacial score (nSPS) is 15.7. The molecule has 6 nitrogen and oxygen atoms in total. The monoisotopic (exact) mass is 400 g/mol. The second-order valence-electron chi connectivity index (χ2n) is 7.74. The van der Waals surface area contributed by atoms with Crippen LogP contribution in [0.1, 0.15) is 46.2 Å². The molecule has 0 fully saturated rings. The second-order valence-corrected chi connectivity index (χ2v) is 7.74. The molecular weight excluding hydrogens is 376 g/mol. The summed E-state index contributed by atoms with van der Waals surface area (Å²) < 4.78 is 7.34. The van der Waals surface area contributed by atoms with Gasteiger partial charge in [-0.25, -0.2) is 0 Å². The van der Waals surface area contributed by atoms with Crippen LogP contribution in [0.25, 0.3) is 10.9 Å². The van der Waals surface area contributed by atoms with Gasteiger partial charge in [-0.3, -0.25) is 9.48 Å². The number of hydrogen-bond acceptors (Lipinski definition) is 3. The van der Waals surface area contributed by atoms with Crippen LogP contribution in [0.15, 0.2) is 60.8 Å². The molecule has 2 aromatic carbocycles. The van der Waals surface area contributed by atoms with Gasteiger partial charge in [-0.1, -0.05) is 30.3 Å². The summed E-state index contributed by atoms with van der Waals surface area (Å²) >= 11 is 0. The Bertz CT molecular complexity index is 1190. The predicted octanol–water partition coefficient (Wildman–Crippen LogP) is 4.23. The first-order valence-corrected chi connectivity index (χ1v) is 10.3. The average molecular weight is 400 g/mol. The first-order valence-electron chi connectivity index (χ1n) is 10.3. The van der Waals surface area contributed by atoms with Crippen LogP contribution in [0.5, 0.6) is 5.75 Å². The average Bonchev–Trinajstić information content (AvgIpc) is 3.39. The van der Waals surface area contributed by atoms with Crippen molar-refractivity contribution < 1.29 is 9.53 Å². The van der Waals surface area contributed by atoms with E-state index in [0.29, 0.717) is 5.69 Å². The van der Waals surface area contributed by atoms with Crippen molar-refractivity contribution in [1.82, 2.24) is 20.1 Å². The van der Waals surface area contributed by atoms with Crippen molar-refractivity contribution in [3.63, 3.8) is 0 Å². The van der Waals surface area contributed by atoms with Crippen LogP contribution in [0.2, 0.25) is 0 Å². The van der Waals surface area contributed by atoms with E-state index in [2.05, 4.69) is 32.2 Å². The molecule has 1 atom stereocenters. The summed E-state index contributed by atoms with van der Waals surface area (Å²) in [5, 5.41) is 8.81. The van der Waals surface area contributed by atoms with Crippen LogP contribution in [0, 0.1) is 0 Å². The number of amides is 1. The van der Waals surface area contributed by atoms with E-state index in [1.54, 1.807) is 7.11 Å². The number of carbonyl (C=O) groups is 1. The first kappa shape index (κ1) is 18.5. The van der Waals surface area contributed by atoms with E-state index in [1.165, 1.54) is 11.3 Å². The summed E-state index contributed by atoms with van der Waals surface area (Å²) in [5.74, 6) is 0.665. The van der Waals surface area contributed by atoms with Crippen molar-refractivity contribution in [2.24, 2.45) is 0 Å². The smallest absolute Gasteiger partial charge is 0.268 e. The number of rotatable bonds is 5. The number of carbonyl (C=O) groups excluding carboxylic acids is 1. The third kappa shape index (κ3) is 3.45. The van der Waals surface area contributed by atoms with E-state index in [1.807, 2.05) is 48.7 Å². The van der Waals surface area contributed by atoms with Gasteiger partial charge in [0.05, 0.1) is 25.9 Å². The summed E-state index contributed by atoms with van der Waals surface area (Å²) in [6.45, 7) is 0.751. The largest absolute Gasteiger partial charge is 0.497 e. The molecular formula is C24H24N4O2. The number of nitrogens with one attached hydrogen (secondary N) is 2. The van der Waals surface area contributed by atoms with E-state index in [-0.39, 0.29) is 11.9 Å². The summed E-state index contributed by atoms with van der Waals surface area (Å²) in [6.07, 6.45) is 4.85. The van der Waals surface area contributed by atoms with E-state index < -0.39 is 0 Å². The molecule has 1 aliphatic carbocycles. The molecule has 4 aromatic rings. The van der Waals surface area contributed by atoms with Gasteiger partial charge in [-0.2, -0.15) is 5.10 Å². The molecule has 1 aliphatic rings. The number of methoxy groups -OCH3 is 1. The lowest BCUT2D eigenvalue weighted by Gasteiger charge is -2.24. The van der Waals surface area contributed by atoms with Crippen molar-refractivity contribution in [2.75, 3.05) is 7.11 Å². The second kappa shape index (κ2) is 7.71. The van der Waals surface area contributed by atoms with Gasteiger partial charge in [0, 0.05) is 28.2 Å². The van der Waals surface area contributed by atoms with Crippen LogP contribution in [-0.2, 0) is 13.0 Å². The maximum atomic E-state index is 12.9. The quantitative estimate of drug-likeness (QED) is 0.527. The van der Waals surface area contributed by atoms with Crippen molar-refractivity contribution in [3.05, 3.63) is 83.3 Å². The molecule has 0 radical (unpaired) electrons. The van der Waals surface area contributed by atoms with Crippen LogP contribution in [-0.4, -0.2) is 27.8 Å². The molecule has 5 rings (SSSR count). The van der Waals surface area contributed by atoms with Gasteiger partial charge < -0.3 is 15.0 Å². The zero-order chi connectivity index (χ0) is 20.5. The number of hydrogen-bond donors (Lipinski definition) is 2. The molecule has 152 valence electrons. The van der Waals surface area contributed by atoms with Crippen LogP contribution in [0.4, 0.5) is 0 Å². The molecule has 2 N–H and O–H groups in total. The van der Waals surface area contributed by atoms with Gasteiger partial charge in [0.2, 0.25) is 0 Å². The molecule has 2 aromatic heterocycles. The van der Waals surface area contributed by atoms with Gasteiger partial charge in [0.25, 0.3) is 5.91 Å². The van der Waals surface area contributed by atoms with Gasteiger partial charge in [0.15, 0.2) is 0 Å². The third-order valence-electron chi connectivity index (χ3n) is 5.82. The van der Waals surface area contributed by atoms with Gasteiger partial charge in [0.1, 0.15) is 11.4 Å². The molecule has 30 heavy (non-hydrogen) atoms. The van der Waals surface area contributed by atoms with Crippen LogP contribution < -0.4 is 10.1 Å². The highest BCUT2D eigenvalue weighted by Gasteiger charge is 2.26. The Hall–Kier alpha value is -3.54. The van der Waals surface area contributed by atoms with Crippen molar-refractivity contribution >= 4 is 16.8 Å². The van der Waals surface area contributed by atoms with Gasteiger partial charge >= 0.3 is 0 Å². The van der Waals surface area contributed by atoms with E-state index in [9.17, 15) is 4.79 Å². The number of ether oxygens (including phenoxy) is 1. The molecule has 0 saturated heterocycles. The summed E-state index contributed by atoms with van der Waals surface area (Å²) in [7, 11) is 1.64. The van der Waals surface area contributed by atoms with E-state index >= 15 is 0 Å². The molecule has 0 spiro atoms. The maximum absolute atomic E-state index is 12.9. The number of fused-ring (bicyclic) bond motifs is 2. The van der Waals surface area contributed by atoms with Crippen LogP contribution in [0.3, 0.4) is 0 Å². The lowest BCUT2D eigenvalue weighted by Crippen LogP contribution is -2.31. The van der Waals surface area contributed by atoms with Crippen molar-refractivity contribution in [1.29, 1.82) is 0 Å². The minimum Gasteiger partial charge on any atom is -0.497 e. The molecule has 6 heteroatoms. The topological polar surface area (TPSA) is 71.9 Å². The zero-order valence-corrected chi connectivity index (χ0v) is 16.9. The fourth-order valence-corrected chi connectivity index (χ4v) is 4.25. The summed E-state index contributed by atoms with van der Waals surface area (Å²) in [5.41, 5.74) is 5.02. The molecule has 0 bridgehead atoms. The Kier molecular flexibility index (Phi) is 4.75. The number of H-pyrrole nitrogens is 1. The highest BCUT2D eigenvalue weighted by atomic mass is 16.5. The van der Waals surface area contributed by atoms with Gasteiger partial charge in [-0.05, 0) is 43.0 Å². The molecule has 2 heterocycles. The Morgan fingerprint density at radius 2 is 2.10 bits per heavy atom. The van der Waals surface area contributed by atoms with Gasteiger partial charge in [-0.15, -0.1) is 0 Å². The summed E-state index contributed by atoms with van der Waals surface area (Å²) in [4.78, 5) is 16.2. The molecule has 1 unspecified atom stereocenters. The Balaban J connectivity index is 1.36.